The Labute approximate surface area is 144 Å². The molecule has 7 heteroatoms. The van der Waals surface area contributed by atoms with Crippen LogP contribution in [0.5, 0.6) is 0 Å². The summed E-state index contributed by atoms with van der Waals surface area (Å²) in [6.07, 6.45) is 1.90. The number of pyridine rings is 1. The molecule has 2 aromatic heterocycles. The monoisotopic (exact) mass is 338 g/mol. The Morgan fingerprint density at radius 1 is 1.16 bits per heavy atom. The molecule has 2 heterocycles. The van der Waals surface area contributed by atoms with Crippen LogP contribution in [0.1, 0.15) is 41.9 Å². The summed E-state index contributed by atoms with van der Waals surface area (Å²) in [6.45, 7) is 3.99. The van der Waals surface area contributed by atoms with Crippen molar-refractivity contribution in [2.24, 2.45) is 5.73 Å². The maximum Gasteiger partial charge on any atom is 0.340 e. The van der Waals surface area contributed by atoms with E-state index in [4.69, 9.17) is 10.5 Å². The minimum atomic E-state index is -1.15. The number of hydrogen-bond donors (Lipinski definition) is 1. The molecule has 1 atom stereocenters. The third kappa shape index (κ3) is 3.35. The maximum absolute atomic E-state index is 12.4. The number of fused-ring (bicyclic) bond motifs is 1. The number of aromatic nitrogens is 3. The van der Waals surface area contributed by atoms with Gasteiger partial charge in [0.1, 0.15) is 0 Å². The van der Waals surface area contributed by atoms with Crippen molar-refractivity contribution in [1.82, 2.24) is 14.8 Å². The van der Waals surface area contributed by atoms with Crippen molar-refractivity contribution < 1.29 is 14.3 Å². The molecule has 1 amide bonds. The van der Waals surface area contributed by atoms with Gasteiger partial charge in [0.25, 0.3) is 5.91 Å². The van der Waals surface area contributed by atoms with Crippen molar-refractivity contribution in [3.05, 3.63) is 59.9 Å². The average Bonchev–Trinajstić information content (AvgIpc) is 3.03. The van der Waals surface area contributed by atoms with Crippen molar-refractivity contribution in [3.63, 3.8) is 0 Å². The van der Waals surface area contributed by atoms with Gasteiger partial charge >= 0.3 is 5.97 Å². The molecular formula is C18H18N4O3. The molecule has 0 saturated heterocycles. The van der Waals surface area contributed by atoms with Crippen molar-refractivity contribution in [1.29, 1.82) is 0 Å². The van der Waals surface area contributed by atoms with Crippen LogP contribution in [0.2, 0.25) is 0 Å². The first-order valence-corrected chi connectivity index (χ1v) is 7.86. The summed E-state index contributed by atoms with van der Waals surface area (Å²) in [7, 11) is 0. The van der Waals surface area contributed by atoms with Crippen molar-refractivity contribution in [2.75, 3.05) is 0 Å². The van der Waals surface area contributed by atoms with E-state index in [-0.39, 0.29) is 11.6 Å². The number of rotatable bonds is 5. The highest BCUT2D eigenvalue weighted by Gasteiger charge is 2.23. The van der Waals surface area contributed by atoms with Gasteiger partial charge in [-0.05, 0) is 19.9 Å². The number of amides is 1. The topological polar surface area (TPSA) is 100 Å². The van der Waals surface area contributed by atoms with Crippen LogP contribution >= 0.6 is 0 Å². The van der Waals surface area contributed by atoms with Gasteiger partial charge in [-0.25, -0.2) is 14.5 Å². The van der Waals surface area contributed by atoms with Crippen LogP contribution in [-0.4, -0.2) is 26.6 Å². The lowest BCUT2D eigenvalue weighted by molar-refractivity contribution is -0.127. The number of benzene rings is 1. The van der Waals surface area contributed by atoms with Gasteiger partial charge in [-0.15, -0.1) is 0 Å². The largest absolute Gasteiger partial charge is 0.444 e. The highest BCUT2D eigenvalue weighted by atomic mass is 16.5. The molecule has 0 spiro atoms. The van der Waals surface area contributed by atoms with Gasteiger partial charge in [-0.3, -0.25) is 4.79 Å². The number of esters is 1. The zero-order valence-electron chi connectivity index (χ0n) is 13.9. The summed E-state index contributed by atoms with van der Waals surface area (Å²) in [5, 5.41) is 4.98. The SMILES string of the molecule is CC(C)n1ncc2cc(C(=O)O[C@@H](C(N)=O)c3ccccc3)cnc21. The van der Waals surface area contributed by atoms with E-state index >= 15 is 0 Å². The van der Waals surface area contributed by atoms with E-state index in [9.17, 15) is 9.59 Å². The van der Waals surface area contributed by atoms with Gasteiger partial charge in [-0.2, -0.15) is 5.10 Å². The van der Waals surface area contributed by atoms with Crippen LogP contribution in [0.25, 0.3) is 11.0 Å². The van der Waals surface area contributed by atoms with Crippen LogP contribution in [0.4, 0.5) is 0 Å². The summed E-state index contributed by atoms with van der Waals surface area (Å²) in [4.78, 5) is 28.4. The van der Waals surface area contributed by atoms with E-state index in [1.54, 1.807) is 47.3 Å². The van der Waals surface area contributed by atoms with Crippen molar-refractivity contribution >= 4 is 22.9 Å². The average molecular weight is 338 g/mol. The first kappa shape index (κ1) is 16.6. The summed E-state index contributed by atoms with van der Waals surface area (Å²) in [5.41, 5.74) is 6.81. The Balaban J connectivity index is 1.87. The fraction of sp³-hybridized carbons (Fsp3) is 0.222. The summed E-state index contributed by atoms with van der Waals surface area (Å²) in [5.74, 6) is -1.40. The molecule has 3 aromatic rings. The molecule has 128 valence electrons. The maximum atomic E-state index is 12.4. The summed E-state index contributed by atoms with van der Waals surface area (Å²) < 4.78 is 7.07. The Kier molecular flexibility index (Phi) is 4.47. The van der Waals surface area contributed by atoms with Gasteiger partial charge in [-0.1, -0.05) is 30.3 Å². The van der Waals surface area contributed by atoms with Crippen molar-refractivity contribution in [3.8, 4) is 0 Å². The zero-order chi connectivity index (χ0) is 18.0. The lowest BCUT2D eigenvalue weighted by Gasteiger charge is -2.15. The minimum Gasteiger partial charge on any atom is -0.444 e. The van der Waals surface area contributed by atoms with Crippen LogP contribution < -0.4 is 5.73 Å². The van der Waals surface area contributed by atoms with E-state index in [0.717, 1.165) is 5.39 Å². The third-order valence-corrected chi connectivity index (χ3v) is 3.74. The second-order valence-corrected chi connectivity index (χ2v) is 5.92. The first-order chi connectivity index (χ1) is 12.0. The highest BCUT2D eigenvalue weighted by molar-refractivity contribution is 5.95. The third-order valence-electron chi connectivity index (χ3n) is 3.74. The normalized spacial score (nSPS) is 12.3. The Hall–Kier alpha value is -3.22. The predicted octanol–water partition coefficient (Wildman–Crippen LogP) is 2.40. The first-order valence-electron chi connectivity index (χ1n) is 7.86. The smallest absolute Gasteiger partial charge is 0.340 e. The molecule has 1 aromatic carbocycles. The van der Waals surface area contributed by atoms with Crippen molar-refractivity contribution in [2.45, 2.75) is 26.0 Å². The lowest BCUT2D eigenvalue weighted by Crippen LogP contribution is -2.26. The van der Waals surface area contributed by atoms with Crippen LogP contribution in [0.15, 0.2) is 48.8 Å². The molecule has 0 bridgehead atoms. The van der Waals surface area contributed by atoms with Gasteiger partial charge < -0.3 is 10.5 Å². The fourth-order valence-corrected chi connectivity index (χ4v) is 2.52. The number of carbonyl (C=O) groups excluding carboxylic acids is 2. The molecule has 0 saturated carbocycles. The van der Waals surface area contributed by atoms with Gasteiger partial charge in [0.15, 0.2) is 5.65 Å². The van der Waals surface area contributed by atoms with Crippen LogP contribution in [0.3, 0.4) is 0 Å². The Morgan fingerprint density at radius 2 is 1.88 bits per heavy atom. The molecule has 2 N–H and O–H groups in total. The quantitative estimate of drug-likeness (QED) is 0.720. The summed E-state index contributed by atoms with van der Waals surface area (Å²) >= 11 is 0. The Bertz CT molecular complexity index is 918. The number of ether oxygens (including phenoxy) is 1. The fourth-order valence-electron chi connectivity index (χ4n) is 2.52. The van der Waals surface area contributed by atoms with Crippen LogP contribution in [-0.2, 0) is 9.53 Å². The second kappa shape index (κ2) is 6.72. The number of carbonyl (C=O) groups is 2. The second-order valence-electron chi connectivity index (χ2n) is 5.92. The number of nitrogens with two attached hydrogens (primary N) is 1. The number of hydrogen-bond acceptors (Lipinski definition) is 5. The highest BCUT2D eigenvalue weighted by Crippen LogP contribution is 2.21. The van der Waals surface area contributed by atoms with E-state index in [1.807, 2.05) is 13.8 Å². The molecule has 3 rings (SSSR count). The zero-order valence-corrected chi connectivity index (χ0v) is 13.9. The standard InChI is InChI=1S/C18H18N4O3/c1-11(2)22-17-13(10-21-22)8-14(9-20-17)18(24)25-15(16(19)23)12-6-4-3-5-7-12/h3-11,15H,1-2H3,(H2,19,23)/t15-/m1/s1. The number of nitrogens with zero attached hydrogens (tertiary/aromatic N) is 3. The molecule has 0 radical (unpaired) electrons. The van der Waals surface area contributed by atoms with E-state index < -0.39 is 18.0 Å². The molecule has 0 aliphatic carbocycles. The van der Waals surface area contributed by atoms with Gasteiger partial charge in [0.2, 0.25) is 6.10 Å². The molecule has 0 aliphatic rings. The van der Waals surface area contributed by atoms with E-state index in [1.165, 1.54) is 6.20 Å². The minimum absolute atomic E-state index is 0.153. The molecule has 0 aliphatic heterocycles. The van der Waals surface area contributed by atoms with Crippen LogP contribution in [0, 0.1) is 0 Å². The molecule has 0 unspecified atom stereocenters. The Morgan fingerprint density at radius 3 is 2.52 bits per heavy atom. The molecule has 0 fully saturated rings. The predicted molar refractivity (Wildman–Crippen MR) is 91.7 cm³/mol. The van der Waals surface area contributed by atoms with E-state index in [0.29, 0.717) is 11.2 Å². The summed E-state index contributed by atoms with van der Waals surface area (Å²) in [6, 6.07) is 10.4. The lowest BCUT2D eigenvalue weighted by atomic mass is 10.1. The number of primary amides is 1. The molecular weight excluding hydrogens is 320 g/mol. The van der Waals surface area contributed by atoms with Gasteiger partial charge in [0.05, 0.1) is 11.8 Å². The van der Waals surface area contributed by atoms with Gasteiger partial charge in [0, 0.05) is 23.2 Å². The molecule has 25 heavy (non-hydrogen) atoms. The van der Waals surface area contributed by atoms with E-state index in [2.05, 4.69) is 10.1 Å². The molecule has 7 nitrogen and oxygen atoms in total.